The van der Waals surface area contributed by atoms with E-state index >= 15 is 0 Å². The summed E-state index contributed by atoms with van der Waals surface area (Å²) in [6.45, 7) is 1.92. The predicted octanol–water partition coefficient (Wildman–Crippen LogP) is 5.67. The minimum absolute atomic E-state index is 0.0530. The number of nitrogens with zero attached hydrogens (tertiary/aromatic N) is 1. The van der Waals surface area contributed by atoms with Crippen LogP contribution in [0.4, 0.5) is 0 Å². The predicted molar refractivity (Wildman–Crippen MR) is 181 cm³/mol. The number of pyridine rings is 1. The zero-order valence-electron chi connectivity index (χ0n) is 25.7. The summed E-state index contributed by atoms with van der Waals surface area (Å²) in [6.07, 6.45) is 2.18. The molecule has 4 aromatic rings. The molecule has 1 unspecified atom stereocenters. The Morgan fingerprint density at radius 2 is 1.68 bits per heavy atom. The number of aliphatic hydroxyl groups is 1. The SMILES string of the molecule is O=C(c1cc(Cl)c(OCCCCCNCC(O)c2ccc(O)c3[nH]c(=O)ccc23)c(Cl)c1)N1CCC(C(=O)O)(c2ccccc2)CC1. The Hall–Kier alpha value is -4.09. The van der Waals surface area contributed by atoms with Crippen LogP contribution in [0, 0.1) is 0 Å². The molecular formula is C35H37Cl2N3O7. The van der Waals surface area contributed by atoms with Crippen molar-refractivity contribution in [3.8, 4) is 11.5 Å². The fraction of sp³-hybridized carbons (Fsp3) is 0.343. The number of nitrogens with one attached hydrogen (secondary N) is 2. The van der Waals surface area contributed by atoms with Gasteiger partial charge in [0.1, 0.15) is 5.75 Å². The Morgan fingerprint density at radius 1 is 0.979 bits per heavy atom. The molecule has 1 aromatic heterocycles. The molecule has 2 heterocycles. The Balaban J connectivity index is 1.05. The second-order valence-corrected chi connectivity index (χ2v) is 12.5. The second kappa shape index (κ2) is 15.2. The highest BCUT2D eigenvalue weighted by molar-refractivity contribution is 6.37. The number of aromatic amines is 1. The third-order valence-electron chi connectivity index (χ3n) is 8.73. The lowest BCUT2D eigenvalue weighted by Gasteiger charge is -2.39. The number of phenolic OH excluding ortho intramolecular Hbond substituents is 1. The van der Waals surface area contributed by atoms with Crippen LogP contribution in [-0.4, -0.2) is 69.9 Å². The zero-order valence-corrected chi connectivity index (χ0v) is 27.2. The van der Waals surface area contributed by atoms with Crippen molar-refractivity contribution in [1.82, 2.24) is 15.2 Å². The number of halogens is 2. The number of fused-ring (bicyclic) bond motifs is 1. The van der Waals surface area contributed by atoms with E-state index in [2.05, 4.69) is 10.3 Å². The molecule has 1 aliphatic heterocycles. The third-order valence-corrected chi connectivity index (χ3v) is 9.29. The van der Waals surface area contributed by atoms with Crippen molar-refractivity contribution in [1.29, 1.82) is 0 Å². The Bertz CT molecular complexity index is 1770. The number of phenols is 1. The van der Waals surface area contributed by atoms with Crippen molar-refractivity contribution in [3.63, 3.8) is 0 Å². The van der Waals surface area contributed by atoms with E-state index in [1.165, 1.54) is 24.3 Å². The number of carbonyl (C=O) groups excluding carboxylic acids is 1. The van der Waals surface area contributed by atoms with E-state index in [0.717, 1.165) is 24.8 Å². The topological polar surface area (TPSA) is 152 Å². The molecule has 1 aliphatic rings. The molecule has 0 spiro atoms. The van der Waals surface area contributed by atoms with Gasteiger partial charge in [0.05, 0.1) is 33.7 Å². The molecule has 10 nitrogen and oxygen atoms in total. The number of H-pyrrole nitrogens is 1. The maximum atomic E-state index is 13.3. The number of aliphatic hydroxyl groups excluding tert-OH is 1. The van der Waals surface area contributed by atoms with E-state index in [-0.39, 0.29) is 40.4 Å². The highest BCUT2D eigenvalue weighted by Crippen LogP contribution is 2.38. The summed E-state index contributed by atoms with van der Waals surface area (Å²) in [7, 11) is 0. The van der Waals surface area contributed by atoms with Gasteiger partial charge in [0.2, 0.25) is 5.56 Å². The van der Waals surface area contributed by atoms with Crippen LogP contribution in [0.3, 0.4) is 0 Å². The first-order chi connectivity index (χ1) is 22.6. The molecule has 1 fully saturated rings. The molecular weight excluding hydrogens is 645 g/mol. The average molecular weight is 683 g/mol. The smallest absolute Gasteiger partial charge is 0.314 e. The highest BCUT2D eigenvalue weighted by Gasteiger charge is 2.44. The largest absolute Gasteiger partial charge is 0.506 e. The first kappa shape index (κ1) is 34.3. The standard InChI is InChI=1S/C35H37Cl2N3O7/c36-26-19-22(33(44)40-16-13-35(14-17-40,34(45)46)23-7-3-1-4-8-23)20-27(37)32(26)47-18-6-2-5-15-38-21-29(42)24-9-11-28(41)31-25(24)10-12-30(43)39-31/h1,3-4,7-12,19-20,29,38,41-42H,2,5-6,13-18,21H2,(H,39,43)(H,45,46). The summed E-state index contributed by atoms with van der Waals surface area (Å²) < 4.78 is 5.85. The number of carboxylic acid groups (broad SMARTS) is 1. The number of unbranched alkanes of at least 4 members (excludes halogenated alkanes) is 2. The van der Waals surface area contributed by atoms with E-state index in [9.17, 15) is 29.7 Å². The van der Waals surface area contributed by atoms with E-state index in [1.54, 1.807) is 17.0 Å². The second-order valence-electron chi connectivity index (χ2n) is 11.7. The van der Waals surface area contributed by atoms with Crippen LogP contribution >= 0.6 is 23.2 Å². The van der Waals surface area contributed by atoms with Gasteiger partial charge in [-0.1, -0.05) is 59.6 Å². The molecule has 5 N–H and O–H groups in total. The highest BCUT2D eigenvalue weighted by atomic mass is 35.5. The number of aliphatic carboxylic acids is 1. The van der Waals surface area contributed by atoms with Crippen molar-refractivity contribution in [3.05, 3.63) is 104 Å². The number of hydrogen-bond acceptors (Lipinski definition) is 7. The van der Waals surface area contributed by atoms with Crippen molar-refractivity contribution in [2.24, 2.45) is 0 Å². The quantitative estimate of drug-likeness (QED) is 0.113. The summed E-state index contributed by atoms with van der Waals surface area (Å²) in [5.74, 6) is -0.902. The summed E-state index contributed by atoms with van der Waals surface area (Å²) in [6, 6.07) is 18.2. The molecule has 3 aromatic carbocycles. The summed E-state index contributed by atoms with van der Waals surface area (Å²) in [4.78, 5) is 41.4. The zero-order chi connectivity index (χ0) is 33.6. The molecule has 47 heavy (non-hydrogen) atoms. The van der Waals surface area contributed by atoms with Gasteiger partial charge in [0.15, 0.2) is 5.75 Å². The van der Waals surface area contributed by atoms with Crippen LogP contribution in [0.1, 0.15) is 59.7 Å². The van der Waals surface area contributed by atoms with Crippen LogP contribution in [0.15, 0.2) is 71.5 Å². The first-order valence-electron chi connectivity index (χ1n) is 15.5. The summed E-state index contributed by atoms with van der Waals surface area (Å²) in [5.41, 5.74) is 0.594. The van der Waals surface area contributed by atoms with Gasteiger partial charge in [0, 0.05) is 36.7 Å². The molecule has 1 amide bonds. The number of aromatic nitrogens is 1. The van der Waals surface area contributed by atoms with E-state index < -0.39 is 17.5 Å². The van der Waals surface area contributed by atoms with Crippen LogP contribution in [0.5, 0.6) is 11.5 Å². The van der Waals surface area contributed by atoms with Gasteiger partial charge >= 0.3 is 5.97 Å². The van der Waals surface area contributed by atoms with Crippen LogP contribution < -0.4 is 15.6 Å². The number of hydrogen-bond donors (Lipinski definition) is 5. The van der Waals surface area contributed by atoms with Crippen molar-refractivity contribution in [2.45, 2.75) is 43.6 Å². The normalized spacial score (nSPS) is 15.0. The van der Waals surface area contributed by atoms with Gasteiger partial charge in [-0.15, -0.1) is 0 Å². The van der Waals surface area contributed by atoms with Gasteiger partial charge in [-0.2, -0.15) is 0 Å². The molecule has 0 bridgehead atoms. The summed E-state index contributed by atoms with van der Waals surface area (Å²) in [5, 5.41) is 35.0. The molecule has 1 atom stereocenters. The van der Waals surface area contributed by atoms with E-state index in [4.69, 9.17) is 27.9 Å². The molecule has 5 rings (SSSR count). The van der Waals surface area contributed by atoms with Gasteiger partial charge in [0.25, 0.3) is 5.91 Å². The lowest BCUT2D eigenvalue weighted by atomic mass is 9.73. The minimum atomic E-state index is -1.03. The third kappa shape index (κ3) is 7.73. The molecule has 12 heteroatoms. The lowest BCUT2D eigenvalue weighted by molar-refractivity contribution is -0.145. The monoisotopic (exact) mass is 681 g/mol. The van der Waals surface area contributed by atoms with Crippen LogP contribution in [0.25, 0.3) is 10.9 Å². The fourth-order valence-electron chi connectivity index (χ4n) is 6.08. The van der Waals surface area contributed by atoms with Crippen molar-refractivity contribution in [2.75, 3.05) is 32.8 Å². The molecule has 0 saturated carbocycles. The number of ether oxygens (including phenoxy) is 1. The number of likely N-dealkylation sites (tertiary alicyclic amines) is 1. The van der Waals surface area contributed by atoms with Gasteiger partial charge in [-0.3, -0.25) is 14.4 Å². The molecule has 0 radical (unpaired) electrons. The van der Waals surface area contributed by atoms with E-state index in [0.29, 0.717) is 60.3 Å². The van der Waals surface area contributed by atoms with Crippen LogP contribution in [0.2, 0.25) is 10.0 Å². The molecule has 0 aliphatic carbocycles. The van der Waals surface area contributed by atoms with E-state index in [1.807, 2.05) is 30.3 Å². The number of carbonyl (C=O) groups is 2. The molecule has 1 saturated heterocycles. The number of amides is 1. The first-order valence-corrected chi connectivity index (χ1v) is 16.3. The molecule has 248 valence electrons. The lowest BCUT2D eigenvalue weighted by Crippen LogP contribution is -2.49. The van der Waals surface area contributed by atoms with Crippen molar-refractivity contribution >= 4 is 46.0 Å². The van der Waals surface area contributed by atoms with Crippen LogP contribution in [-0.2, 0) is 10.2 Å². The maximum Gasteiger partial charge on any atom is 0.314 e. The Labute approximate surface area is 281 Å². The fourth-order valence-corrected chi connectivity index (χ4v) is 6.68. The summed E-state index contributed by atoms with van der Waals surface area (Å²) >= 11 is 13.0. The van der Waals surface area contributed by atoms with Gasteiger partial charge in [-0.25, -0.2) is 0 Å². The maximum absolute atomic E-state index is 13.3. The van der Waals surface area contributed by atoms with Crippen molar-refractivity contribution < 1.29 is 29.6 Å². The number of rotatable bonds is 13. The average Bonchev–Trinajstić information content (AvgIpc) is 3.07. The van der Waals surface area contributed by atoms with Gasteiger partial charge in [-0.05, 0) is 74.0 Å². The Morgan fingerprint density at radius 3 is 2.36 bits per heavy atom. The van der Waals surface area contributed by atoms with Gasteiger partial charge < -0.3 is 35.3 Å². The number of carboxylic acids is 1. The number of piperidine rings is 1. The number of benzene rings is 3. The minimum Gasteiger partial charge on any atom is -0.506 e. The number of aromatic hydroxyl groups is 1. The Kier molecular flexibility index (Phi) is 11.1.